The van der Waals surface area contributed by atoms with Crippen molar-refractivity contribution in [2.45, 2.75) is 6.61 Å². The number of aromatic nitrogens is 3. The van der Waals surface area contributed by atoms with E-state index in [9.17, 15) is 4.39 Å². The molecule has 0 unspecified atom stereocenters. The molecule has 0 spiro atoms. The van der Waals surface area contributed by atoms with Gasteiger partial charge in [0, 0.05) is 16.0 Å². The molecular formula is C24H12Cl4FN3O2. The summed E-state index contributed by atoms with van der Waals surface area (Å²) < 4.78 is 25.7. The van der Waals surface area contributed by atoms with Crippen molar-refractivity contribution in [3.05, 3.63) is 92.5 Å². The molecule has 0 atom stereocenters. The molecule has 0 N–H and O–H groups in total. The van der Waals surface area contributed by atoms with Crippen molar-refractivity contribution in [2.75, 3.05) is 0 Å². The first kappa shape index (κ1) is 22.9. The maximum absolute atomic E-state index is 14.2. The second kappa shape index (κ2) is 9.39. The highest BCUT2D eigenvalue weighted by Gasteiger charge is 2.18. The SMILES string of the molecule is Fc1cc(-c2cc(-c3nnc(COc4ccc(Cl)cc4Cl)o3)c3ccccc3n2)c(Cl)cc1Cl. The molecule has 5 aromatic rings. The van der Waals surface area contributed by atoms with Gasteiger partial charge in [0.05, 0.1) is 31.8 Å². The highest BCUT2D eigenvalue weighted by atomic mass is 35.5. The van der Waals surface area contributed by atoms with Crippen molar-refractivity contribution < 1.29 is 13.5 Å². The van der Waals surface area contributed by atoms with Crippen LogP contribution >= 0.6 is 46.4 Å². The number of nitrogens with zero attached hydrogens (tertiary/aromatic N) is 3. The summed E-state index contributed by atoms with van der Waals surface area (Å²) in [6.07, 6.45) is 0. The molecule has 0 aliphatic heterocycles. The number of ether oxygens (including phenoxy) is 1. The molecule has 3 aromatic carbocycles. The van der Waals surface area contributed by atoms with Gasteiger partial charge in [0.25, 0.3) is 5.89 Å². The maximum Gasteiger partial charge on any atom is 0.254 e. The van der Waals surface area contributed by atoms with Crippen LogP contribution in [0.3, 0.4) is 0 Å². The number of benzene rings is 3. The molecule has 0 saturated heterocycles. The molecule has 0 amide bonds. The van der Waals surface area contributed by atoms with Crippen molar-refractivity contribution >= 4 is 57.3 Å². The Bertz CT molecular complexity index is 1540. The Morgan fingerprint density at radius 2 is 1.65 bits per heavy atom. The zero-order chi connectivity index (χ0) is 23.8. The summed E-state index contributed by atoms with van der Waals surface area (Å²) in [4.78, 5) is 4.63. The molecule has 0 bridgehead atoms. The molecule has 170 valence electrons. The van der Waals surface area contributed by atoms with Gasteiger partial charge < -0.3 is 9.15 Å². The Morgan fingerprint density at radius 1 is 0.824 bits per heavy atom. The van der Waals surface area contributed by atoms with E-state index in [2.05, 4.69) is 15.2 Å². The lowest BCUT2D eigenvalue weighted by molar-refractivity contribution is 0.264. The smallest absolute Gasteiger partial charge is 0.254 e. The van der Waals surface area contributed by atoms with Gasteiger partial charge in [-0.25, -0.2) is 9.37 Å². The monoisotopic (exact) mass is 533 g/mol. The zero-order valence-corrected chi connectivity index (χ0v) is 20.1. The third-order valence-electron chi connectivity index (χ3n) is 4.94. The zero-order valence-electron chi connectivity index (χ0n) is 17.0. The minimum Gasteiger partial charge on any atom is -0.482 e. The van der Waals surface area contributed by atoms with Crippen LogP contribution in [-0.4, -0.2) is 15.2 Å². The van der Waals surface area contributed by atoms with Gasteiger partial charge in [-0.1, -0.05) is 64.6 Å². The molecule has 2 aromatic heterocycles. The van der Waals surface area contributed by atoms with Crippen LogP contribution in [0.5, 0.6) is 5.75 Å². The van der Waals surface area contributed by atoms with Crippen LogP contribution in [0.15, 0.2) is 65.1 Å². The number of rotatable bonds is 5. The molecular weight excluding hydrogens is 523 g/mol. The summed E-state index contributed by atoms with van der Waals surface area (Å²) >= 11 is 24.2. The lowest BCUT2D eigenvalue weighted by Gasteiger charge is -2.10. The second-order valence-electron chi connectivity index (χ2n) is 7.18. The van der Waals surface area contributed by atoms with Gasteiger partial charge in [0.1, 0.15) is 11.6 Å². The Labute approximate surface area is 213 Å². The number of hydrogen-bond acceptors (Lipinski definition) is 5. The normalized spacial score (nSPS) is 11.2. The fourth-order valence-electron chi connectivity index (χ4n) is 3.36. The number of halogens is 5. The molecule has 2 heterocycles. The standard InChI is InChI=1S/C24H12Cl4FN3O2/c25-12-5-6-22(18(28)7-12)33-11-23-31-32-24(34-23)14-9-21(30-20-4-2-1-3-13(14)20)15-8-19(29)17(27)10-16(15)26/h1-10H,11H2. The van der Waals surface area contributed by atoms with Crippen molar-refractivity contribution in [1.82, 2.24) is 15.2 Å². The van der Waals surface area contributed by atoms with E-state index < -0.39 is 5.82 Å². The largest absolute Gasteiger partial charge is 0.482 e. The maximum atomic E-state index is 14.2. The Morgan fingerprint density at radius 3 is 2.47 bits per heavy atom. The molecule has 0 radical (unpaired) electrons. The predicted molar refractivity (Wildman–Crippen MR) is 131 cm³/mol. The topological polar surface area (TPSA) is 61.0 Å². The molecule has 0 fully saturated rings. The highest BCUT2D eigenvalue weighted by Crippen LogP contribution is 2.36. The summed E-state index contributed by atoms with van der Waals surface area (Å²) in [5.74, 6) is 0.308. The first-order valence-electron chi connectivity index (χ1n) is 9.84. The second-order valence-corrected chi connectivity index (χ2v) is 8.84. The van der Waals surface area contributed by atoms with Gasteiger partial charge in [-0.3, -0.25) is 0 Å². The van der Waals surface area contributed by atoms with E-state index in [0.717, 1.165) is 5.39 Å². The quantitative estimate of drug-likeness (QED) is 0.212. The minimum absolute atomic E-state index is 0.00154. The van der Waals surface area contributed by atoms with Crippen LogP contribution in [0.4, 0.5) is 4.39 Å². The van der Waals surface area contributed by atoms with E-state index in [1.807, 2.05) is 24.3 Å². The van der Waals surface area contributed by atoms with Gasteiger partial charge in [-0.2, -0.15) is 0 Å². The summed E-state index contributed by atoms with van der Waals surface area (Å²) in [6.45, 7) is -0.00154. The Kier molecular flexibility index (Phi) is 6.32. The first-order chi connectivity index (χ1) is 16.4. The predicted octanol–water partition coefficient (Wildman–Crippen LogP) is 8.28. The molecule has 10 heteroatoms. The fraction of sp³-hybridized carbons (Fsp3) is 0.0417. The number of pyridine rings is 1. The van der Waals surface area contributed by atoms with Crippen LogP contribution < -0.4 is 4.74 Å². The van der Waals surface area contributed by atoms with Crippen molar-refractivity contribution in [1.29, 1.82) is 0 Å². The van der Waals surface area contributed by atoms with E-state index in [1.165, 1.54) is 12.1 Å². The van der Waals surface area contributed by atoms with Gasteiger partial charge in [-0.15, -0.1) is 10.2 Å². The van der Waals surface area contributed by atoms with E-state index in [0.29, 0.717) is 38.1 Å². The van der Waals surface area contributed by atoms with Gasteiger partial charge in [0.15, 0.2) is 6.61 Å². The Balaban J connectivity index is 1.53. The van der Waals surface area contributed by atoms with Gasteiger partial charge in [0.2, 0.25) is 5.89 Å². The van der Waals surface area contributed by atoms with Gasteiger partial charge in [-0.05, 0) is 42.5 Å². The first-order valence-corrected chi connectivity index (χ1v) is 11.4. The van der Waals surface area contributed by atoms with Crippen LogP contribution in [-0.2, 0) is 6.61 Å². The van der Waals surface area contributed by atoms with Crippen LogP contribution in [0.2, 0.25) is 20.1 Å². The summed E-state index contributed by atoms with van der Waals surface area (Å²) in [6, 6.07) is 16.6. The average Bonchev–Trinajstić information content (AvgIpc) is 3.29. The van der Waals surface area contributed by atoms with Gasteiger partial charge >= 0.3 is 0 Å². The summed E-state index contributed by atoms with van der Waals surface area (Å²) in [7, 11) is 0. The van der Waals surface area contributed by atoms with Crippen molar-refractivity contribution in [3.63, 3.8) is 0 Å². The lowest BCUT2D eigenvalue weighted by Crippen LogP contribution is -1.96. The average molecular weight is 535 g/mol. The third-order valence-corrected chi connectivity index (χ3v) is 6.08. The Hall–Kier alpha value is -2.90. The highest BCUT2D eigenvalue weighted by molar-refractivity contribution is 6.36. The number of fused-ring (bicyclic) bond motifs is 1. The van der Waals surface area contributed by atoms with E-state index in [1.54, 1.807) is 24.3 Å². The van der Waals surface area contributed by atoms with Crippen LogP contribution in [0.25, 0.3) is 33.6 Å². The number of hydrogen-bond donors (Lipinski definition) is 0. The number of para-hydroxylation sites is 1. The van der Waals surface area contributed by atoms with E-state index in [-0.39, 0.29) is 28.4 Å². The van der Waals surface area contributed by atoms with Crippen LogP contribution in [0, 0.1) is 5.82 Å². The molecule has 0 aliphatic carbocycles. The molecule has 5 rings (SSSR count). The summed E-state index contributed by atoms with van der Waals surface area (Å²) in [5.41, 5.74) is 2.06. The fourth-order valence-corrected chi connectivity index (χ4v) is 4.30. The van der Waals surface area contributed by atoms with E-state index in [4.69, 9.17) is 55.6 Å². The lowest BCUT2D eigenvalue weighted by atomic mass is 10.0. The molecule has 34 heavy (non-hydrogen) atoms. The molecule has 0 saturated carbocycles. The third kappa shape index (κ3) is 4.55. The van der Waals surface area contributed by atoms with E-state index >= 15 is 0 Å². The minimum atomic E-state index is -0.601. The van der Waals surface area contributed by atoms with Crippen molar-refractivity contribution in [2.24, 2.45) is 0 Å². The van der Waals surface area contributed by atoms with Crippen molar-refractivity contribution in [3.8, 4) is 28.5 Å². The molecule has 5 nitrogen and oxygen atoms in total. The van der Waals surface area contributed by atoms with Crippen LogP contribution in [0.1, 0.15) is 5.89 Å². The molecule has 0 aliphatic rings. The summed E-state index contributed by atoms with van der Waals surface area (Å²) in [5, 5.41) is 10.1.